The molecule has 1 aromatic heterocycles. The molecule has 2 rings (SSSR count). The molecule has 0 atom stereocenters. The maximum Gasteiger partial charge on any atom is 0.243 e. The molecule has 0 aliphatic heterocycles. The predicted octanol–water partition coefficient (Wildman–Crippen LogP) is 2.32. The van der Waals surface area contributed by atoms with Gasteiger partial charge in [-0.25, -0.2) is 13.5 Å². The average molecular weight is 249 g/mol. The second-order valence-electron chi connectivity index (χ2n) is 4.26. The van der Waals surface area contributed by atoms with Crippen LogP contribution in [0.15, 0.2) is 36.9 Å². The van der Waals surface area contributed by atoms with Crippen LogP contribution in [0.2, 0.25) is 0 Å². The Morgan fingerprint density at radius 2 is 2.22 bits per heavy atom. The maximum atomic E-state index is 13.5. The molecule has 1 heterocycles. The summed E-state index contributed by atoms with van der Waals surface area (Å²) in [5.74, 6) is 0.0160. The topological polar surface area (TPSA) is 18.0 Å². The number of nitrogens with zero attached hydrogens (tertiary/aromatic N) is 2. The third kappa shape index (κ3) is 3.09. The Kier molecular flexibility index (Phi) is 3.97. The smallest absolute Gasteiger partial charge is 0.243 e. The van der Waals surface area contributed by atoms with E-state index >= 15 is 0 Å². The van der Waals surface area contributed by atoms with Gasteiger partial charge < -0.3 is 4.74 Å². The molecule has 3 nitrogen and oxygen atoms in total. The van der Waals surface area contributed by atoms with Gasteiger partial charge in [0.25, 0.3) is 0 Å². The molecule has 0 bridgehead atoms. The lowest BCUT2D eigenvalue weighted by Gasteiger charge is -2.06. The second-order valence-corrected chi connectivity index (χ2v) is 4.26. The number of aryl methyl sites for hydroxylation is 2. The van der Waals surface area contributed by atoms with Crippen LogP contribution in [0.4, 0.5) is 4.39 Å². The molecule has 0 amide bonds. The van der Waals surface area contributed by atoms with Crippen molar-refractivity contribution in [2.24, 2.45) is 0 Å². The fraction of sp³-hybridized carbons (Fsp3) is 0.357. The zero-order valence-corrected chi connectivity index (χ0v) is 10.8. The molecule has 2 aromatic rings. The first-order chi connectivity index (χ1) is 8.69. The molecular weight excluding hydrogens is 231 g/mol. The molecule has 0 aliphatic rings. The lowest BCUT2D eigenvalue weighted by atomic mass is 10.2. The van der Waals surface area contributed by atoms with Crippen molar-refractivity contribution in [3.8, 4) is 5.75 Å². The Labute approximate surface area is 106 Å². The Morgan fingerprint density at radius 3 is 2.89 bits per heavy atom. The maximum absolute atomic E-state index is 13.5. The molecule has 4 heteroatoms. The third-order valence-electron chi connectivity index (χ3n) is 2.81. The van der Waals surface area contributed by atoms with Crippen molar-refractivity contribution >= 4 is 0 Å². The van der Waals surface area contributed by atoms with Crippen LogP contribution in [0.25, 0.3) is 0 Å². The SMILES string of the molecule is CCn1cc[n+](CCOc2ccc(C)cc2F)c1. The summed E-state index contributed by atoms with van der Waals surface area (Å²) in [7, 11) is 0. The van der Waals surface area contributed by atoms with Gasteiger partial charge in [-0.3, -0.25) is 0 Å². The number of imidazole rings is 1. The Bertz CT molecular complexity index is 522. The highest BCUT2D eigenvalue weighted by atomic mass is 19.1. The van der Waals surface area contributed by atoms with Crippen LogP contribution in [-0.4, -0.2) is 11.2 Å². The van der Waals surface area contributed by atoms with E-state index in [1.807, 2.05) is 36.3 Å². The van der Waals surface area contributed by atoms with Gasteiger partial charge in [0.15, 0.2) is 11.6 Å². The number of halogens is 1. The summed E-state index contributed by atoms with van der Waals surface area (Å²) in [5.41, 5.74) is 0.897. The predicted molar refractivity (Wildman–Crippen MR) is 66.9 cm³/mol. The number of benzene rings is 1. The third-order valence-corrected chi connectivity index (χ3v) is 2.81. The van der Waals surface area contributed by atoms with Gasteiger partial charge in [0.1, 0.15) is 25.5 Å². The number of ether oxygens (including phenoxy) is 1. The Morgan fingerprint density at radius 1 is 1.39 bits per heavy atom. The van der Waals surface area contributed by atoms with Crippen molar-refractivity contribution in [3.63, 3.8) is 0 Å². The molecule has 0 aliphatic carbocycles. The zero-order valence-electron chi connectivity index (χ0n) is 10.8. The van der Waals surface area contributed by atoms with E-state index < -0.39 is 0 Å². The van der Waals surface area contributed by atoms with E-state index in [1.165, 1.54) is 6.07 Å². The first kappa shape index (κ1) is 12.6. The van der Waals surface area contributed by atoms with Gasteiger partial charge in [-0.1, -0.05) is 6.07 Å². The monoisotopic (exact) mass is 249 g/mol. The summed E-state index contributed by atoms with van der Waals surface area (Å²) in [6.45, 7) is 6.05. The van der Waals surface area contributed by atoms with E-state index in [0.717, 1.165) is 12.1 Å². The normalized spacial score (nSPS) is 10.6. The highest BCUT2D eigenvalue weighted by Gasteiger charge is 2.05. The molecular formula is C14H18FN2O+. The van der Waals surface area contributed by atoms with Gasteiger partial charge in [0, 0.05) is 0 Å². The molecule has 1 aromatic carbocycles. The summed E-state index contributed by atoms with van der Waals surface area (Å²) < 4.78 is 23.0. The minimum absolute atomic E-state index is 0.300. The van der Waals surface area contributed by atoms with Gasteiger partial charge in [-0.15, -0.1) is 0 Å². The van der Waals surface area contributed by atoms with Crippen LogP contribution < -0.4 is 9.30 Å². The van der Waals surface area contributed by atoms with Crippen molar-refractivity contribution in [1.82, 2.24) is 4.57 Å². The number of rotatable bonds is 5. The highest BCUT2D eigenvalue weighted by molar-refractivity contribution is 5.28. The largest absolute Gasteiger partial charge is 0.486 e. The molecule has 0 spiro atoms. The Hall–Kier alpha value is -1.84. The summed E-state index contributed by atoms with van der Waals surface area (Å²) in [6, 6.07) is 5.00. The zero-order chi connectivity index (χ0) is 13.0. The van der Waals surface area contributed by atoms with E-state index in [4.69, 9.17) is 4.74 Å². The highest BCUT2D eigenvalue weighted by Crippen LogP contribution is 2.17. The molecule has 0 fully saturated rings. The van der Waals surface area contributed by atoms with Gasteiger partial charge in [0.2, 0.25) is 6.33 Å². The van der Waals surface area contributed by atoms with Crippen molar-refractivity contribution in [3.05, 3.63) is 48.3 Å². The molecule has 0 unspecified atom stereocenters. The van der Waals surface area contributed by atoms with Gasteiger partial charge in [0.05, 0.1) is 6.54 Å². The lowest BCUT2D eigenvalue weighted by Crippen LogP contribution is -2.34. The first-order valence-electron chi connectivity index (χ1n) is 6.13. The van der Waals surface area contributed by atoms with Crippen LogP contribution in [0.5, 0.6) is 5.75 Å². The van der Waals surface area contributed by atoms with Crippen LogP contribution in [0.3, 0.4) is 0 Å². The van der Waals surface area contributed by atoms with Gasteiger partial charge in [-0.05, 0) is 31.5 Å². The lowest BCUT2D eigenvalue weighted by molar-refractivity contribution is -0.697. The number of hydrogen-bond donors (Lipinski definition) is 0. The first-order valence-corrected chi connectivity index (χ1v) is 6.13. The summed E-state index contributed by atoms with van der Waals surface area (Å²) in [5, 5.41) is 0. The van der Waals surface area contributed by atoms with E-state index in [0.29, 0.717) is 18.9 Å². The average Bonchev–Trinajstić information content (AvgIpc) is 2.80. The van der Waals surface area contributed by atoms with Gasteiger partial charge in [-0.2, -0.15) is 0 Å². The minimum atomic E-state index is -0.300. The minimum Gasteiger partial charge on any atom is -0.486 e. The molecule has 0 radical (unpaired) electrons. The van der Waals surface area contributed by atoms with Crippen LogP contribution in [0.1, 0.15) is 12.5 Å². The summed E-state index contributed by atoms with van der Waals surface area (Å²) >= 11 is 0. The fourth-order valence-electron chi connectivity index (χ4n) is 1.74. The molecule has 0 N–H and O–H groups in total. The van der Waals surface area contributed by atoms with Crippen LogP contribution >= 0.6 is 0 Å². The van der Waals surface area contributed by atoms with E-state index in [-0.39, 0.29) is 5.82 Å². The van der Waals surface area contributed by atoms with E-state index in [9.17, 15) is 4.39 Å². The molecule has 18 heavy (non-hydrogen) atoms. The van der Waals surface area contributed by atoms with Crippen molar-refractivity contribution < 1.29 is 13.7 Å². The fourth-order valence-corrected chi connectivity index (χ4v) is 1.74. The molecule has 96 valence electrons. The number of aromatic nitrogens is 2. The molecule has 0 saturated heterocycles. The van der Waals surface area contributed by atoms with Crippen LogP contribution in [-0.2, 0) is 13.1 Å². The van der Waals surface area contributed by atoms with Crippen molar-refractivity contribution in [2.45, 2.75) is 26.9 Å². The quantitative estimate of drug-likeness (QED) is 0.744. The van der Waals surface area contributed by atoms with Crippen LogP contribution in [0, 0.1) is 12.7 Å². The standard InChI is InChI=1S/C14H18FN2O/c1-3-16-6-7-17(11-16)8-9-18-14-5-4-12(2)10-13(14)15/h4-7,10-11H,3,8-9H2,1-2H3/q+1. The molecule has 0 saturated carbocycles. The Balaban J connectivity index is 1.88. The second kappa shape index (κ2) is 5.67. The van der Waals surface area contributed by atoms with Crippen molar-refractivity contribution in [2.75, 3.05) is 6.61 Å². The van der Waals surface area contributed by atoms with E-state index in [2.05, 4.69) is 11.5 Å². The van der Waals surface area contributed by atoms with Crippen molar-refractivity contribution in [1.29, 1.82) is 0 Å². The summed E-state index contributed by atoms with van der Waals surface area (Å²) in [4.78, 5) is 0. The van der Waals surface area contributed by atoms with Gasteiger partial charge >= 0.3 is 0 Å². The van der Waals surface area contributed by atoms with E-state index in [1.54, 1.807) is 6.07 Å². The number of hydrogen-bond acceptors (Lipinski definition) is 1. The summed E-state index contributed by atoms with van der Waals surface area (Å²) in [6.07, 6.45) is 6.00.